The first-order chi connectivity index (χ1) is 17.2. The highest BCUT2D eigenvalue weighted by Gasteiger charge is 2.20. The monoisotopic (exact) mass is 493 g/mol. The van der Waals surface area contributed by atoms with Crippen LogP contribution in [0.1, 0.15) is 50.8 Å². The molecule has 0 spiro atoms. The minimum absolute atomic E-state index is 0.0767. The largest absolute Gasteiger partial charge is 0.392 e. The van der Waals surface area contributed by atoms with Crippen LogP contribution in [0.2, 0.25) is 0 Å². The van der Waals surface area contributed by atoms with E-state index in [1.807, 2.05) is 21.9 Å². The van der Waals surface area contributed by atoms with Crippen molar-refractivity contribution >= 4 is 16.8 Å². The van der Waals surface area contributed by atoms with Gasteiger partial charge in [-0.25, -0.2) is 0 Å². The standard InChI is InChI=1S/C30H43N3O3/c1-23(34)20-32(16-8-18-36-5)22-29(35)33(21-24-11-13-26(14-12-24)30(2,3)4)17-15-25-19-31-28-10-7-6-9-27(25)28/h6-7,9-14,19,23,31,34H,8,15-18,20-22H2,1-5H3/t23-/m0/s1. The van der Waals surface area contributed by atoms with Gasteiger partial charge in [0.05, 0.1) is 12.6 Å². The second kappa shape index (κ2) is 13.0. The van der Waals surface area contributed by atoms with Crippen LogP contribution in [0, 0.1) is 0 Å². The van der Waals surface area contributed by atoms with Gasteiger partial charge in [-0.05, 0) is 47.9 Å². The summed E-state index contributed by atoms with van der Waals surface area (Å²) >= 11 is 0. The Morgan fingerprint density at radius 2 is 1.81 bits per heavy atom. The van der Waals surface area contributed by atoms with Gasteiger partial charge in [0.25, 0.3) is 0 Å². The number of fused-ring (bicyclic) bond motifs is 1. The molecular weight excluding hydrogens is 450 g/mol. The molecular formula is C30H43N3O3. The molecule has 0 unspecified atom stereocenters. The maximum absolute atomic E-state index is 13.6. The number of hydrogen-bond donors (Lipinski definition) is 2. The SMILES string of the molecule is COCCCN(CC(=O)N(CCc1c[nH]c2ccccc12)Cc1ccc(C(C)(C)C)cc1)C[C@H](C)O. The average Bonchev–Trinajstić information content (AvgIpc) is 3.24. The second-order valence-electron chi connectivity index (χ2n) is 10.8. The van der Waals surface area contributed by atoms with Crippen molar-refractivity contribution in [3.63, 3.8) is 0 Å². The van der Waals surface area contributed by atoms with E-state index in [0.717, 1.165) is 23.9 Å². The van der Waals surface area contributed by atoms with Crippen LogP contribution in [0.4, 0.5) is 0 Å². The number of methoxy groups -OCH3 is 1. The zero-order valence-electron chi connectivity index (χ0n) is 22.6. The molecule has 1 amide bonds. The summed E-state index contributed by atoms with van der Waals surface area (Å²) < 4.78 is 5.19. The normalized spacial score (nSPS) is 12.9. The van der Waals surface area contributed by atoms with Crippen molar-refractivity contribution in [1.82, 2.24) is 14.8 Å². The van der Waals surface area contributed by atoms with Gasteiger partial charge in [0, 0.05) is 57.0 Å². The van der Waals surface area contributed by atoms with E-state index in [-0.39, 0.29) is 17.9 Å². The maximum Gasteiger partial charge on any atom is 0.237 e. The van der Waals surface area contributed by atoms with E-state index in [9.17, 15) is 9.90 Å². The minimum Gasteiger partial charge on any atom is -0.392 e. The van der Waals surface area contributed by atoms with Crippen molar-refractivity contribution in [2.75, 3.05) is 39.9 Å². The Balaban J connectivity index is 1.76. The number of ether oxygens (including phenoxy) is 1. The first kappa shape index (κ1) is 27.9. The second-order valence-corrected chi connectivity index (χ2v) is 10.8. The summed E-state index contributed by atoms with van der Waals surface area (Å²) in [5, 5.41) is 11.2. The predicted molar refractivity (Wildman–Crippen MR) is 147 cm³/mol. The number of carbonyl (C=O) groups excluding carboxylic acids is 1. The van der Waals surface area contributed by atoms with Crippen molar-refractivity contribution in [1.29, 1.82) is 0 Å². The molecule has 36 heavy (non-hydrogen) atoms. The zero-order valence-corrected chi connectivity index (χ0v) is 22.6. The zero-order chi connectivity index (χ0) is 26.1. The minimum atomic E-state index is -0.495. The number of nitrogens with one attached hydrogen (secondary N) is 1. The van der Waals surface area contributed by atoms with Crippen LogP contribution in [0.25, 0.3) is 10.9 Å². The lowest BCUT2D eigenvalue weighted by atomic mass is 9.87. The van der Waals surface area contributed by atoms with Gasteiger partial charge >= 0.3 is 0 Å². The topological polar surface area (TPSA) is 68.8 Å². The molecule has 0 aliphatic rings. The molecule has 0 saturated carbocycles. The third-order valence-electron chi connectivity index (χ3n) is 6.58. The van der Waals surface area contributed by atoms with Crippen LogP contribution in [0.15, 0.2) is 54.7 Å². The van der Waals surface area contributed by atoms with E-state index in [1.165, 1.54) is 16.5 Å². The summed E-state index contributed by atoms with van der Waals surface area (Å²) in [4.78, 5) is 20.9. The number of rotatable bonds is 13. The Labute approximate surface area is 216 Å². The lowest BCUT2D eigenvalue weighted by Gasteiger charge is -2.28. The number of hydrogen-bond acceptors (Lipinski definition) is 4. The molecule has 2 aromatic carbocycles. The Kier molecular flexibility index (Phi) is 10.1. The molecule has 3 aromatic rings. The number of H-pyrrole nitrogens is 1. The van der Waals surface area contributed by atoms with Crippen molar-refractivity contribution in [2.45, 2.75) is 58.6 Å². The van der Waals surface area contributed by atoms with E-state index >= 15 is 0 Å². The number of para-hydroxylation sites is 1. The van der Waals surface area contributed by atoms with Gasteiger partial charge in [0.15, 0.2) is 0 Å². The van der Waals surface area contributed by atoms with E-state index < -0.39 is 6.10 Å². The Morgan fingerprint density at radius 3 is 2.47 bits per heavy atom. The number of aromatic amines is 1. The van der Waals surface area contributed by atoms with Crippen molar-refractivity contribution < 1.29 is 14.6 Å². The quantitative estimate of drug-likeness (QED) is 0.337. The highest BCUT2D eigenvalue weighted by molar-refractivity contribution is 5.83. The van der Waals surface area contributed by atoms with Crippen LogP contribution < -0.4 is 0 Å². The molecule has 1 atom stereocenters. The molecule has 196 valence electrons. The summed E-state index contributed by atoms with van der Waals surface area (Å²) in [6, 6.07) is 16.9. The molecule has 1 heterocycles. The summed E-state index contributed by atoms with van der Waals surface area (Å²) in [5.41, 5.74) is 4.82. The molecule has 0 saturated heterocycles. The molecule has 6 nitrogen and oxygen atoms in total. The van der Waals surface area contributed by atoms with Gasteiger partial charge in [-0.15, -0.1) is 0 Å². The number of benzene rings is 2. The number of aliphatic hydroxyl groups excluding tert-OH is 1. The number of aliphatic hydroxyl groups is 1. The molecule has 0 radical (unpaired) electrons. The van der Waals surface area contributed by atoms with Crippen LogP contribution in [-0.2, 0) is 27.9 Å². The van der Waals surface area contributed by atoms with Gasteiger partial charge in [-0.2, -0.15) is 0 Å². The summed E-state index contributed by atoms with van der Waals surface area (Å²) in [6.45, 7) is 11.7. The number of aromatic nitrogens is 1. The van der Waals surface area contributed by atoms with Crippen molar-refractivity contribution in [3.8, 4) is 0 Å². The van der Waals surface area contributed by atoms with Crippen LogP contribution in [-0.4, -0.2) is 71.8 Å². The van der Waals surface area contributed by atoms with Crippen LogP contribution in [0.3, 0.4) is 0 Å². The smallest absolute Gasteiger partial charge is 0.237 e. The molecule has 2 N–H and O–H groups in total. The molecule has 0 fully saturated rings. The third-order valence-corrected chi connectivity index (χ3v) is 6.58. The van der Waals surface area contributed by atoms with Gasteiger partial charge in [-0.3, -0.25) is 9.69 Å². The maximum atomic E-state index is 13.6. The Hall–Kier alpha value is -2.67. The van der Waals surface area contributed by atoms with Crippen molar-refractivity contribution in [2.24, 2.45) is 0 Å². The van der Waals surface area contributed by atoms with Crippen LogP contribution in [0.5, 0.6) is 0 Å². The average molecular weight is 494 g/mol. The molecule has 0 aliphatic carbocycles. The fourth-order valence-corrected chi connectivity index (χ4v) is 4.55. The third kappa shape index (κ3) is 8.19. The van der Waals surface area contributed by atoms with E-state index in [1.54, 1.807) is 14.0 Å². The summed E-state index contributed by atoms with van der Waals surface area (Å²) in [7, 11) is 1.68. The van der Waals surface area contributed by atoms with Gasteiger partial charge in [-0.1, -0.05) is 63.2 Å². The number of carbonyl (C=O) groups is 1. The van der Waals surface area contributed by atoms with Crippen LogP contribution >= 0.6 is 0 Å². The van der Waals surface area contributed by atoms with E-state index in [0.29, 0.717) is 32.8 Å². The first-order valence-corrected chi connectivity index (χ1v) is 13.0. The molecule has 6 heteroatoms. The first-order valence-electron chi connectivity index (χ1n) is 13.0. The summed E-state index contributed by atoms with van der Waals surface area (Å²) in [5.74, 6) is 0.0767. The number of nitrogens with zero attached hydrogens (tertiary/aromatic N) is 2. The lowest BCUT2D eigenvalue weighted by Crippen LogP contribution is -2.43. The molecule has 0 aliphatic heterocycles. The van der Waals surface area contributed by atoms with Crippen molar-refractivity contribution in [3.05, 3.63) is 71.4 Å². The molecule has 3 rings (SSSR count). The number of amides is 1. The van der Waals surface area contributed by atoms with Gasteiger partial charge < -0.3 is 19.7 Å². The lowest BCUT2D eigenvalue weighted by molar-refractivity contribution is -0.133. The Bertz CT molecular complexity index is 1080. The Morgan fingerprint density at radius 1 is 1.08 bits per heavy atom. The summed E-state index contributed by atoms with van der Waals surface area (Å²) in [6.07, 6.45) is 3.15. The van der Waals surface area contributed by atoms with Gasteiger partial charge in [0.2, 0.25) is 5.91 Å². The highest BCUT2D eigenvalue weighted by atomic mass is 16.5. The highest BCUT2D eigenvalue weighted by Crippen LogP contribution is 2.23. The van der Waals surface area contributed by atoms with E-state index in [4.69, 9.17) is 4.74 Å². The molecule has 0 bridgehead atoms. The fourth-order valence-electron chi connectivity index (χ4n) is 4.55. The molecule has 1 aromatic heterocycles. The predicted octanol–water partition coefficient (Wildman–Crippen LogP) is 4.76. The fraction of sp³-hybridized carbons (Fsp3) is 0.500. The van der Waals surface area contributed by atoms with E-state index in [2.05, 4.69) is 68.4 Å². The van der Waals surface area contributed by atoms with Gasteiger partial charge in [0.1, 0.15) is 0 Å².